The van der Waals surface area contributed by atoms with Gasteiger partial charge < -0.3 is 4.74 Å². The monoisotopic (exact) mass is 220 g/mol. The van der Waals surface area contributed by atoms with Gasteiger partial charge in [-0.15, -0.1) is 0 Å². The lowest BCUT2D eigenvalue weighted by Gasteiger charge is -2.35. The molecule has 0 unspecified atom stereocenters. The fraction of sp³-hybridized carbons (Fsp3) is 0.867. The molecule has 0 amide bonds. The van der Waals surface area contributed by atoms with Crippen molar-refractivity contribution < 1.29 is 4.74 Å². The van der Waals surface area contributed by atoms with Gasteiger partial charge in [0.25, 0.3) is 0 Å². The summed E-state index contributed by atoms with van der Waals surface area (Å²) in [6, 6.07) is 0. The molecule has 1 nitrogen and oxygen atoms in total. The van der Waals surface area contributed by atoms with E-state index in [9.17, 15) is 0 Å². The van der Waals surface area contributed by atoms with Crippen molar-refractivity contribution in [3.63, 3.8) is 0 Å². The number of hydrogen-bond donors (Lipinski definition) is 0. The Morgan fingerprint density at radius 1 is 1.44 bits per heavy atom. The van der Waals surface area contributed by atoms with E-state index in [2.05, 4.69) is 26.8 Å². The summed E-state index contributed by atoms with van der Waals surface area (Å²) in [6.07, 6.45) is 9.73. The number of epoxide rings is 1. The van der Waals surface area contributed by atoms with Gasteiger partial charge >= 0.3 is 0 Å². The number of fused-ring (bicyclic) bond motifs is 1. The minimum Gasteiger partial charge on any atom is -0.366 e. The zero-order valence-corrected chi connectivity index (χ0v) is 10.8. The summed E-state index contributed by atoms with van der Waals surface area (Å²) in [5.41, 5.74) is 1.94. The van der Waals surface area contributed by atoms with Crippen LogP contribution >= 0.6 is 0 Å². The van der Waals surface area contributed by atoms with Crippen LogP contribution in [0.25, 0.3) is 0 Å². The molecule has 0 radical (unpaired) electrons. The molecule has 4 atom stereocenters. The van der Waals surface area contributed by atoms with Gasteiger partial charge in [0.15, 0.2) is 0 Å². The zero-order valence-electron chi connectivity index (χ0n) is 10.8. The Morgan fingerprint density at radius 3 is 3.00 bits per heavy atom. The van der Waals surface area contributed by atoms with Crippen molar-refractivity contribution in [2.75, 3.05) is 0 Å². The molecule has 0 aromatic carbocycles. The van der Waals surface area contributed by atoms with Crippen molar-refractivity contribution in [2.24, 2.45) is 17.8 Å². The Labute approximate surface area is 99.3 Å². The van der Waals surface area contributed by atoms with Gasteiger partial charge in [0, 0.05) is 0 Å². The third-order valence-electron chi connectivity index (χ3n) is 5.05. The van der Waals surface area contributed by atoms with Crippen LogP contribution in [-0.2, 0) is 4.74 Å². The van der Waals surface area contributed by atoms with Crippen LogP contribution in [0.2, 0.25) is 0 Å². The Hall–Kier alpha value is -0.300. The molecule has 0 aromatic rings. The Kier molecular flexibility index (Phi) is 2.43. The van der Waals surface area contributed by atoms with Gasteiger partial charge in [-0.3, -0.25) is 0 Å². The quantitative estimate of drug-likeness (QED) is 0.482. The Morgan fingerprint density at radius 2 is 2.25 bits per heavy atom. The van der Waals surface area contributed by atoms with Gasteiger partial charge in [0.1, 0.15) is 0 Å². The van der Waals surface area contributed by atoms with Crippen LogP contribution in [0.3, 0.4) is 0 Å². The SMILES string of the molecule is CC1=C[C@@H]2C[C@@]3(CCC1)O[C@H]3C[C@H]2C(C)C. The van der Waals surface area contributed by atoms with E-state index in [0.29, 0.717) is 11.7 Å². The van der Waals surface area contributed by atoms with E-state index in [1.807, 2.05) is 0 Å². The normalized spacial score (nSPS) is 46.8. The predicted molar refractivity (Wildman–Crippen MR) is 66.3 cm³/mol. The van der Waals surface area contributed by atoms with Crippen LogP contribution in [0.5, 0.6) is 0 Å². The van der Waals surface area contributed by atoms with E-state index in [4.69, 9.17) is 4.74 Å². The minimum absolute atomic E-state index is 0.327. The Balaban J connectivity index is 1.87. The van der Waals surface area contributed by atoms with E-state index in [1.54, 1.807) is 5.57 Å². The first kappa shape index (κ1) is 10.8. The molecule has 3 aliphatic rings. The van der Waals surface area contributed by atoms with Crippen LogP contribution in [0.1, 0.15) is 52.9 Å². The van der Waals surface area contributed by atoms with E-state index in [0.717, 1.165) is 17.8 Å². The number of hydrogen-bond acceptors (Lipinski definition) is 1. The average Bonchev–Trinajstić information content (AvgIpc) is 2.88. The molecule has 0 aromatic heterocycles. The maximum Gasteiger partial charge on any atom is 0.0954 e. The van der Waals surface area contributed by atoms with Crippen molar-refractivity contribution in [2.45, 2.75) is 64.6 Å². The number of ether oxygens (including phenoxy) is 1. The summed E-state index contributed by atoms with van der Waals surface area (Å²) in [5, 5.41) is 0. The topological polar surface area (TPSA) is 12.5 Å². The highest BCUT2D eigenvalue weighted by molar-refractivity contribution is 5.16. The van der Waals surface area contributed by atoms with Crippen molar-refractivity contribution in [1.29, 1.82) is 0 Å². The van der Waals surface area contributed by atoms with Crippen LogP contribution in [0, 0.1) is 17.8 Å². The van der Waals surface area contributed by atoms with Gasteiger partial charge in [-0.2, -0.15) is 0 Å². The number of rotatable bonds is 1. The van der Waals surface area contributed by atoms with E-state index >= 15 is 0 Å². The molecule has 1 spiro atoms. The van der Waals surface area contributed by atoms with Gasteiger partial charge in [0.2, 0.25) is 0 Å². The summed E-state index contributed by atoms with van der Waals surface area (Å²) in [4.78, 5) is 0. The summed E-state index contributed by atoms with van der Waals surface area (Å²) >= 11 is 0. The maximum absolute atomic E-state index is 6.06. The maximum atomic E-state index is 6.06. The first-order chi connectivity index (χ1) is 7.61. The van der Waals surface area contributed by atoms with Crippen LogP contribution in [0.15, 0.2) is 11.6 Å². The highest BCUT2D eigenvalue weighted by Gasteiger charge is 2.60. The first-order valence-electron chi connectivity index (χ1n) is 6.96. The lowest BCUT2D eigenvalue weighted by atomic mass is 9.67. The predicted octanol–water partition coefficient (Wildman–Crippen LogP) is 3.94. The fourth-order valence-electron chi connectivity index (χ4n) is 4.05. The average molecular weight is 220 g/mol. The van der Waals surface area contributed by atoms with Gasteiger partial charge in [0.05, 0.1) is 11.7 Å². The highest BCUT2D eigenvalue weighted by Crippen LogP contribution is 2.57. The van der Waals surface area contributed by atoms with Gasteiger partial charge in [-0.25, -0.2) is 0 Å². The van der Waals surface area contributed by atoms with Crippen LogP contribution in [0.4, 0.5) is 0 Å². The third kappa shape index (κ3) is 1.64. The number of allylic oxidation sites excluding steroid dienone is 2. The molecular weight excluding hydrogens is 196 g/mol. The standard InChI is InChI=1S/C15H24O/c1-10(2)13-8-14-15(16-14)6-4-5-11(3)7-12(13)9-15/h7,10,12-14H,4-6,8-9H2,1-3H3/t12-,13+,14+,15-/m1/s1. The lowest BCUT2D eigenvalue weighted by Crippen LogP contribution is -2.34. The largest absolute Gasteiger partial charge is 0.366 e. The molecule has 2 fully saturated rings. The molecule has 1 heteroatoms. The van der Waals surface area contributed by atoms with E-state index in [1.165, 1.54) is 32.1 Å². The highest BCUT2D eigenvalue weighted by atomic mass is 16.6. The molecule has 1 aliphatic heterocycles. The second-order valence-electron chi connectivity index (χ2n) is 6.55. The minimum atomic E-state index is 0.327. The van der Waals surface area contributed by atoms with Crippen LogP contribution in [-0.4, -0.2) is 11.7 Å². The lowest BCUT2D eigenvalue weighted by molar-refractivity contribution is 0.192. The van der Waals surface area contributed by atoms with Crippen molar-refractivity contribution in [1.82, 2.24) is 0 Å². The summed E-state index contributed by atoms with van der Waals surface area (Å²) in [7, 11) is 0. The fourth-order valence-corrected chi connectivity index (χ4v) is 4.05. The molecule has 16 heavy (non-hydrogen) atoms. The molecule has 0 N–H and O–H groups in total. The summed E-state index contributed by atoms with van der Waals surface area (Å²) < 4.78 is 6.06. The van der Waals surface area contributed by atoms with E-state index < -0.39 is 0 Å². The molecule has 2 aliphatic carbocycles. The second-order valence-corrected chi connectivity index (χ2v) is 6.55. The molecule has 1 heterocycles. The second kappa shape index (κ2) is 3.60. The zero-order chi connectivity index (χ0) is 11.3. The molecular formula is C15H24O. The van der Waals surface area contributed by atoms with E-state index in [-0.39, 0.29) is 0 Å². The molecule has 3 rings (SSSR count). The molecule has 2 bridgehead atoms. The summed E-state index contributed by atoms with van der Waals surface area (Å²) in [6.45, 7) is 7.07. The van der Waals surface area contributed by atoms with Crippen molar-refractivity contribution >= 4 is 0 Å². The van der Waals surface area contributed by atoms with Gasteiger partial charge in [-0.05, 0) is 56.8 Å². The smallest absolute Gasteiger partial charge is 0.0954 e. The van der Waals surface area contributed by atoms with Gasteiger partial charge in [-0.1, -0.05) is 25.5 Å². The molecule has 90 valence electrons. The molecule has 1 saturated carbocycles. The summed E-state index contributed by atoms with van der Waals surface area (Å²) in [5.74, 6) is 2.45. The van der Waals surface area contributed by atoms with Crippen molar-refractivity contribution in [3.8, 4) is 0 Å². The Bertz CT molecular complexity index is 317. The molecule has 1 saturated heterocycles. The first-order valence-corrected chi connectivity index (χ1v) is 6.96. The van der Waals surface area contributed by atoms with Crippen LogP contribution < -0.4 is 0 Å². The third-order valence-corrected chi connectivity index (χ3v) is 5.05. The van der Waals surface area contributed by atoms with Crippen molar-refractivity contribution in [3.05, 3.63) is 11.6 Å².